The summed E-state index contributed by atoms with van der Waals surface area (Å²) < 4.78 is 20.1. The minimum absolute atomic E-state index is 0.140. The van der Waals surface area contributed by atoms with Crippen molar-refractivity contribution in [2.45, 2.75) is 39.2 Å². The summed E-state index contributed by atoms with van der Waals surface area (Å²) in [6.07, 6.45) is 2.83. The molecule has 2 amide bonds. The van der Waals surface area contributed by atoms with Crippen LogP contribution in [0.4, 0.5) is 9.18 Å². The highest BCUT2D eigenvalue weighted by Crippen LogP contribution is 2.19. The van der Waals surface area contributed by atoms with Crippen LogP contribution in [0.15, 0.2) is 36.5 Å². The maximum absolute atomic E-state index is 13.4. The molecule has 1 N–H and O–H groups in total. The van der Waals surface area contributed by atoms with Gasteiger partial charge in [-0.1, -0.05) is 6.07 Å². The van der Waals surface area contributed by atoms with Crippen LogP contribution in [0.1, 0.15) is 44.1 Å². The molecule has 1 saturated heterocycles. The van der Waals surface area contributed by atoms with Gasteiger partial charge in [-0.05, 0) is 63.8 Å². The first kappa shape index (κ1) is 20.8. The normalized spacial score (nSPS) is 15.2. The Morgan fingerprint density at radius 3 is 2.62 bits per heavy atom. The standard InChI is InChI=1S/C21H27FN4O3/c1-21(2,3)29-20(28)23-14-15-7-10-25(11-8-15)19(27)18-9-12-26(24-18)17-6-4-5-16(22)13-17/h4-6,9,12-13,15H,7-8,10-11,14H2,1-3H3,(H,23,28). The van der Waals surface area contributed by atoms with E-state index in [2.05, 4.69) is 10.4 Å². The van der Waals surface area contributed by atoms with E-state index in [9.17, 15) is 14.0 Å². The second kappa shape index (κ2) is 8.63. The van der Waals surface area contributed by atoms with Crippen LogP contribution in [0.3, 0.4) is 0 Å². The average Bonchev–Trinajstić information content (AvgIpc) is 3.15. The lowest BCUT2D eigenvalue weighted by molar-refractivity contribution is 0.0499. The van der Waals surface area contributed by atoms with Crippen LogP contribution >= 0.6 is 0 Å². The molecule has 0 unspecified atom stereocenters. The van der Waals surface area contributed by atoms with Crippen molar-refractivity contribution >= 4 is 12.0 Å². The number of halogens is 1. The van der Waals surface area contributed by atoms with E-state index in [1.165, 1.54) is 16.8 Å². The van der Waals surface area contributed by atoms with E-state index >= 15 is 0 Å². The molecule has 1 aromatic carbocycles. The van der Waals surface area contributed by atoms with Gasteiger partial charge in [0.2, 0.25) is 0 Å². The van der Waals surface area contributed by atoms with Crippen molar-refractivity contribution in [1.82, 2.24) is 20.0 Å². The number of carbonyl (C=O) groups is 2. The minimum atomic E-state index is -0.519. The molecule has 29 heavy (non-hydrogen) atoms. The second-order valence-electron chi connectivity index (χ2n) is 8.24. The SMILES string of the molecule is CC(C)(C)OC(=O)NCC1CCN(C(=O)c2ccn(-c3cccc(F)c3)n2)CC1. The molecule has 1 fully saturated rings. The van der Waals surface area contributed by atoms with E-state index in [0.29, 0.717) is 36.9 Å². The van der Waals surface area contributed by atoms with Gasteiger partial charge in [-0.25, -0.2) is 13.9 Å². The van der Waals surface area contributed by atoms with Crippen molar-refractivity contribution in [3.63, 3.8) is 0 Å². The summed E-state index contributed by atoms with van der Waals surface area (Å²) in [4.78, 5) is 26.3. The van der Waals surface area contributed by atoms with Crippen molar-refractivity contribution in [1.29, 1.82) is 0 Å². The fourth-order valence-corrected chi connectivity index (χ4v) is 3.24. The first-order valence-electron chi connectivity index (χ1n) is 9.79. The predicted octanol–water partition coefficient (Wildman–Crippen LogP) is 3.39. The summed E-state index contributed by atoms with van der Waals surface area (Å²) in [6.45, 7) is 7.22. The monoisotopic (exact) mass is 402 g/mol. The van der Waals surface area contributed by atoms with Crippen LogP contribution in [0.25, 0.3) is 5.69 Å². The topological polar surface area (TPSA) is 76.5 Å². The first-order valence-corrected chi connectivity index (χ1v) is 9.79. The van der Waals surface area contributed by atoms with Crippen LogP contribution in [0.2, 0.25) is 0 Å². The number of benzene rings is 1. The Morgan fingerprint density at radius 2 is 1.97 bits per heavy atom. The largest absolute Gasteiger partial charge is 0.444 e. The maximum Gasteiger partial charge on any atom is 0.407 e. The van der Waals surface area contributed by atoms with Crippen molar-refractivity contribution in [2.24, 2.45) is 5.92 Å². The molecular formula is C21H27FN4O3. The van der Waals surface area contributed by atoms with E-state index in [4.69, 9.17) is 4.74 Å². The molecule has 0 radical (unpaired) electrons. The Balaban J connectivity index is 1.50. The van der Waals surface area contributed by atoms with Gasteiger partial charge in [0.25, 0.3) is 5.91 Å². The smallest absolute Gasteiger partial charge is 0.407 e. The van der Waals surface area contributed by atoms with Gasteiger partial charge >= 0.3 is 6.09 Å². The van der Waals surface area contributed by atoms with Gasteiger partial charge in [0.15, 0.2) is 5.69 Å². The Bertz CT molecular complexity index is 867. The number of ether oxygens (including phenoxy) is 1. The highest BCUT2D eigenvalue weighted by molar-refractivity contribution is 5.92. The Kier molecular flexibility index (Phi) is 6.20. The average molecular weight is 402 g/mol. The molecule has 1 aliphatic rings. The van der Waals surface area contributed by atoms with E-state index in [1.54, 1.807) is 29.3 Å². The zero-order valence-electron chi connectivity index (χ0n) is 17.0. The van der Waals surface area contributed by atoms with Crippen molar-refractivity contribution < 1.29 is 18.7 Å². The minimum Gasteiger partial charge on any atom is -0.444 e. The summed E-state index contributed by atoms with van der Waals surface area (Å²) in [5, 5.41) is 7.09. The molecule has 0 saturated carbocycles. The number of carbonyl (C=O) groups excluding carboxylic acids is 2. The molecule has 7 nitrogen and oxygen atoms in total. The van der Waals surface area contributed by atoms with Crippen LogP contribution in [0, 0.1) is 11.7 Å². The molecule has 0 atom stereocenters. The number of piperidine rings is 1. The number of rotatable bonds is 4. The molecule has 0 aliphatic carbocycles. The highest BCUT2D eigenvalue weighted by Gasteiger charge is 2.26. The molecular weight excluding hydrogens is 375 g/mol. The van der Waals surface area contributed by atoms with Gasteiger partial charge in [0, 0.05) is 25.8 Å². The van der Waals surface area contributed by atoms with Crippen LogP contribution in [-0.4, -0.2) is 51.9 Å². The second-order valence-corrected chi connectivity index (χ2v) is 8.24. The highest BCUT2D eigenvalue weighted by atomic mass is 19.1. The quantitative estimate of drug-likeness (QED) is 0.851. The van der Waals surface area contributed by atoms with E-state index in [-0.39, 0.29) is 11.7 Å². The Labute approximate surface area is 169 Å². The molecule has 8 heteroatoms. The third-order valence-electron chi connectivity index (χ3n) is 4.72. The zero-order chi connectivity index (χ0) is 21.0. The van der Waals surface area contributed by atoms with Crippen molar-refractivity contribution in [3.05, 3.63) is 48.0 Å². The molecule has 0 spiro atoms. The molecule has 2 heterocycles. The first-order chi connectivity index (χ1) is 13.7. The van der Waals surface area contributed by atoms with Gasteiger partial charge < -0.3 is 15.0 Å². The van der Waals surface area contributed by atoms with E-state index in [1.807, 2.05) is 20.8 Å². The summed E-state index contributed by atoms with van der Waals surface area (Å²) >= 11 is 0. The molecule has 0 bridgehead atoms. The van der Waals surface area contributed by atoms with Crippen LogP contribution in [0.5, 0.6) is 0 Å². The van der Waals surface area contributed by atoms with E-state index < -0.39 is 11.7 Å². The molecule has 156 valence electrons. The number of aromatic nitrogens is 2. The lowest BCUT2D eigenvalue weighted by Gasteiger charge is -2.31. The number of nitrogens with one attached hydrogen (secondary N) is 1. The number of amides is 2. The summed E-state index contributed by atoms with van der Waals surface area (Å²) in [7, 11) is 0. The maximum atomic E-state index is 13.4. The number of alkyl carbamates (subject to hydrolysis) is 1. The van der Waals surface area contributed by atoms with Crippen LogP contribution < -0.4 is 5.32 Å². The molecule has 3 rings (SSSR count). The lowest BCUT2D eigenvalue weighted by atomic mass is 9.96. The van der Waals surface area contributed by atoms with Gasteiger partial charge in [-0.3, -0.25) is 4.79 Å². The number of hydrogen-bond donors (Lipinski definition) is 1. The Hall–Kier alpha value is -2.90. The van der Waals surface area contributed by atoms with Crippen molar-refractivity contribution in [3.8, 4) is 5.69 Å². The zero-order valence-corrected chi connectivity index (χ0v) is 17.0. The summed E-state index contributed by atoms with van der Waals surface area (Å²) in [5.41, 5.74) is 0.380. The fourth-order valence-electron chi connectivity index (χ4n) is 3.24. The molecule has 1 aliphatic heterocycles. The third kappa shape index (κ3) is 5.79. The van der Waals surface area contributed by atoms with Gasteiger partial charge in [0.05, 0.1) is 5.69 Å². The van der Waals surface area contributed by atoms with Crippen LogP contribution in [-0.2, 0) is 4.74 Å². The number of likely N-dealkylation sites (tertiary alicyclic amines) is 1. The van der Waals surface area contributed by atoms with Gasteiger partial charge in [-0.2, -0.15) is 5.10 Å². The van der Waals surface area contributed by atoms with Gasteiger partial charge in [-0.15, -0.1) is 0 Å². The molecule has 2 aromatic rings. The summed E-state index contributed by atoms with van der Waals surface area (Å²) in [6, 6.07) is 7.70. The summed E-state index contributed by atoms with van der Waals surface area (Å²) in [5.74, 6) is -0.192. The number of nitrogens with zero attached hydrogens (tertiary/aromatic N) is 3. The predicted molar refractivity (Wildman–Crippen MR) is 106 cm³/mol. The lowest BCUT2D eigenvalue weighted by Crippen LogP contribution is -2.42. The van der Waals surface area contributed by atoms with E-state index in [0.717, 1.165) is 12.8 Å². The third-order valence-corrected chi connectivity index (χ3v) is 4.72. The van der Waals surface area contributed by atoms with Gasteiger partial charge in [0.1, 0.15) is 11.4 Å². The molecule has 1 aromatic heterocycles. The Morgan fingerprint density at radius 1 is 1.24 bits per heavy atom. The number of hydrogen-bond acceptors (Lipinski definition) is 4. The fraction of sp³-hybridized carbons (Fsp3) is 0.476. The van der Waals surface area contributed by atoms with Crippen molar-refractivity contribution in [2.75, 3.05) is 19.6 Å².